The summed E-state index contributed by atoms with van der Waals surface area (Å²) in [6.45, 7) is 3.77. The molecule has 2 rings (SSSR count). The molecule has 1 aliphatic rings. The average Bonchev–Trinajstić information content (AvgIpc) is 3.28. The lowest BCUT2D eigenvalue weighted by Crippen LogP contribution is -2.17. The highest BCUT2D eigenvalue weighted by Crippen LogP contribution is 2.31. The third kappa shape index (κ3) is 5.33. The Labute approximate surface area is 127 Å². The van der Waals surface area contributed by atoms with Gasteiger partial charge in [0.1, 0.15) is 5.78 Å². The summed E-state index contributed by atoms with van der Waals surface area (Å²) in [6.07, 6.45) is 5.91. The van der Waals surface area contributed by atoms with Crippen molar-refractivity contribution in [3.05, 3.63) is 29.8 Å². The summed E-state index contributed by atoms with van der Waals surface area (Å²) < 4.78 is 0. The fourth-order valence-electron chi connectivity index (χ4n) is 2.33. The summed E-state index contributed by atoms with van der Waals surface area (Å²) in [5.41, 5.74) is 2.08. The summed E-state index contributed by atoms with van der Waals surface area (Å²) in [5.74, 6) is 0.872. The zero-order valence-corrected chi connectivity index (χ0v) is 13.0. The number of carbonyl (C=O) groups is 2. The van der Waals surface area contributed by atoms with Crippen molar-refractivity contribution in [2.75, 3.05) is 5.32 Å². The van der Waals surface area contributed by atoms with Crippen molar-refractivity contribution in [1.29, 1.82) is 0 Å². The van der Waals surface area contributed by atoms with Crippen molar-refractivity contribution in [2.45, 2.75) is 52.4 Å². The van der Waals surface area contributed by atoms with E-state index in [1.807, 2.05) is 32.0 Å². The number of hydrogen-bond donors (Lipinski definition) is 1. The zero-order valence-electron chi connectivity index (χ0n) is 13.0. The second-order valence-corrected chi connectivity index (χ2v) is 6.29. The van der Waals surface area contributed by atoms with Gasteiger partial charge in [-0.1, -0.05) is 26.0 Å². The number of carbonyl (C=O) groups excluding carboxylic acids is 2. The van der Waals surface area contributed by atoms with Crippen LogP contribution in [-0.2, 0) is 16.0 Å². The molecule has 21 heavy (non-hydrogen) atoms. The van der Waals surface area contributed by atoms with Gasteiger partial charge in [0, 0.05) is 23.9 Å². The molecule has 0 saturated heterocycles. The summed E-state index contributed by atoms with van der Waals surface area (Å²) in [7, 11) is 0. The van der Waals surface area contributed by atoms with E-state index in [1.165, 1.54) is 5.56 Å². The van der Waals surface area contributed by atoms with Crippen molar-refractivity contribution in [1.82, 2.24) is 0 Å². The summed E-state index contributed by atoms with van der Waals surface area (Å²) in [4.78, 5) is 23.3. The maximum absolute atomic E-state index is 11.7. The first-order valence-electron chi connectivity index (χ1n) is 7.99. The first kappa shape index (κ1) is 15.7. The third-order valence-corrected chi connectivity index (χ3v) is 3.89. The molecule has 0 radical (unpaired) electrons. The second-order valence-electron chi connectivity index (χ2n) is 6.29. The molecule has 1 aliphatic carbocycles. The summed E-state index contributed by atoms with van der Waals surface area (Å²) >= 11 is 0. The highest BCUT2D eigenvalue weighted by atomic mass is 16.1. The Morgan fingerprint density at radius 3 is 2.67 bits per heavy atom. The minimum Gasteiger partial charge on any atom is -0.326 e. The number of hydrogen-bond acceptors (Lipinski definition) is 2. The lowest BCUT2D eigenvalue weighted by molar-refractivity contribution is -0.120. The quantitative estimate of drug-likeness (QED) is 0.735. The maximum atomic E-state index is 11.7. The minimum atomic E-state index is -0.0120. The molecular weight excluding hydrogens is 262 g/mol. The molecule has 114 valence electrons. The van der Waals surface area contributed by atoms with Gasteiger partial charge < -0.3 is 5.32 Å². The van der Waals surface area contributed by atoms with Gasteiger partial charge in [0.2, 0.25) is 5.91 Å². The summed E-state index contributed by atoms with van der Waals surface area (Å²) in [6, 6.07) is 8.00. The van der Waals surface area contributed by atoms with Gasteiger partial charge in [0.15, 0.2) is 0 Å². The highest BCUT2D eigenvalue weighted by molar-refractivity contribution is 5.92. The number of unbranched alkanes of at least 4 members (excludes halogenated alkanes) is 1. The molecule has 0 atom stereocenters. The molecule has 0 unspecified atom stereocenters. The highest BCUT2D eigenvalue weighted by Gasteiger charge is 2.28. The Hall–Kier alpha value is -1.64. The molecule has 0 aliphatic heterocycles. The Morgan fingerprint density at radius 1 is 1.24 bits per heavy atom. The number of ketones is 1. The molecule has 0 aromatic heterocycles. The van der Waals surface area contributed by atoms with Crippen LogP contribution < -0.4 is 5.32 Å². The predicted octanol–water partition coefficient (Wildman–Crippen LogP) is 3.97. The van der Waals surface area contributed by atoms with Crippen LogP contribution in [0.25, 0.3) is 0 Å². The first-order chi connectivity index (χ1) is 10.1. The molecule has 1 N–H and O–H groups in total. The molecule has 0 heterocycles. The van der Waals surface area contributed by atoms with Crippen molar-refractivity contribution < 1.29 is 9.59 Å². The van der Waals surface area contributed by atoms with Crippen LogP contribution >= 0.6 is 0 Å². The Kier molecular flexibility index (Phi) is 5.54. The van der Waals surface area contributed by atoms with E-state index in [0.29, 0.717) is 11.7 Å². The van der Waals surface area contributed by atoms with E-state index in [4.69, 9.17) is 0 Å². The first-order valence-corrected chi connectivity index (χ1v) is 7.99. The molecule has 0 bridgehead atoms. The molecular formula is C18H25NO2. The lowest BCUT2D eigenvalue weighted by Gasteiger charge is -2.09. The molecule has 0 spiro atoms. The molecule has 3 nitrogen and oxygen atoms in total. The molecule has 3 heteroatoms. The SMILES string of the molecule is CC(C)C(=O)Nc1cccc(CCCCC(=O)C2CC2)c1. The van der Waals surface area contributed by atoms with E-state index in [9.17, 15) is 9.59 Å². The average molecular weight is 287 g/mol. The van der Waals surface area contributed by atoms with Crippen LogP contribution in [0.3, 0.4) is 0 Å². The largest absolute Gasteiger partial charge is 0.326 e. The van der Waals surface area contributed by atoms with E-state index in [1.54, 1.807) is 0 Å². The Morgan fingerprint density at radius 2 is 2.00 bits per heavy atom. The van der Waals surface area contributed by atoms with E-state index in [0.717, 1.165) is 44.2 Å². The summed E-state index contributed by atoms with van der Waals surface area (Å²) in [5, 5.41) is 2.92. The number of nitrogens with one attached hydrogen (secondary N) is 1. The van der Waals surface area contributed by atoms with Crippen LogP contribution in [-0.4, -0.2) is 11.7 Å². The van der Waals surface area contributed by atoms with Gasteiger partial charge >= 0.3 is 0 Å². The van der Waals surface area contributed by atoms with Crippen LogP contribution in [0.1, 0.15) is 51.5 Å². The van der Waals surface area contributed by atoms with Gasteiger partial charge in [-0.15, -0.1) is 0 Å². The lowest BCUT2D eigenvalue weighted by atomic mass is 10.0. The fourth-order valence-corrected chi connectivity index (χ4v) is 2.33. The normalized spacial score (nSPS) is 14.2. The third-order valence-electron chi connectivity index (χ3n) is 3.89. The van der Waals surface area contributed by atoms with Gasteiger partial charge in [0.05, 0.1) is 0 Å². The molecule has 1 aromatic rings. The van der Waals surface area contributed by atoms with Gasteiger partial charge in [-0.3, -0.25) is 9.59 Å². The van der Waals surface area contributed by atoms with Crippen LogP contribution in [0.2, 0.25) is 0 Å². The van der Waals surface area contributed by atoms with Crippen LogP contribution in [0.15, 0.2) is 24.3 Å². The van der Waals surface area contributed by atoms with Crippen molar-refractivity contribution in [2.24, 2.45) is 11.8 Å². The van der Waals surface area contributed by atoms with E-state index < -0.39 is 0 Å². The number of Topliss-reactive ketones (excluding diaryl/α,β-unsaturated/α-hetero) is 1. The molecule has 1 fully saturated rings. The Bertz CT molecular complexity index is 504. The smallest absolute Gasteiger partial charge is 0.226 e. The molecule has 1 aromatic carbocycles. The number of aryl methyl sites for hydroxylation is 1. The van der Waals surface area contributed by atoms with E-state index >= 15 is 0 Å². The van der Waals surface area contributed by atoms with E-state index in [-0.39, 0.29) is 11.8 Å². The number of rotatable bonds is 8. The number of anilines is 1. The van der Waals surface area contributed by atoms with Gasteiger partial charge in [-0.25, -0.2) is 0 Å². The van der Waals surface area contributed by atoms with Crippen LogP contribution in [0.4, 0.5) is 5.69 Å². The van der Waals surface area contributed by atoms with Crippen molar-refractivity contribution in [3.8, 4) is 0 Å². The molecule has 1 saturated carbocycles. The monoisotopic (exact) mass is 287 g/mol. The number of amides is 1. The fraction of sp³-hybridized carbons (Fsp3) is 0.556. The number of benzene rings is 1. The van der Waals surface area contributed by atoms with Crippen molar-refractivity contribution in [3.63, 3.8) is 0 Å². The standard InChI is InChI=1S/C18H25NO2/c1-13(2)18(21)19-16-8-5-7-14(12-16)6-3-4-9-17(20)15-10-11-15/h5,7-8,12-13,15H,3-4,6,9-11H2,1-2H3,(H,19,21). The van der Waals surface area contributed by atoms with Crippen molar-refractivity contribution >= 4 is 17.4 Å². The van der Waals surface area contributed by atoms with Crippen LogP contribution in [0, 0.1) is 11.8 Å². The minimum absolute atomic E-state index is 0.0120. The molecule has 1 amide bonds. The Balaban J connectivity index is 1.75. The predicted molar refractivity (Wildman–Crippen MR) is 85.2 cm³/mol. The zero-order chi connectivity index (χ0) is 15.2. The van der Waals surface area contributed by atoms with Gasteiger partial charge in [-0.05, 0) is 49.8 Å². The van der Waals surface area contributed by atoms with Gasteiger partial charge in [0.25, 0.3) is 0 Å². The van der Waals surface area contributed by atoms with E-state index in [2.05, 4.69) is 11.4 Å². The maximum Gasteiger partial charge on any atom is 0.226 e. The van der Waals surface area contributed by atoms with Crippen LogP contribution in [0.5, 0.6) is 0 Å². The second kappa shape index (κ2) is 7.39. The topological polar surface area (TPSA) is 46.2 Å². The van der Waals surface area contributed by atoms with Gasteiger partial charge in [-0.2, -0.15) is 0 Å².